The molecule has 0 radical (unpaired) electrons. The van der Waals surface area contributed by atoms with Crippen LogP contribution in [0.1, 0.15) is 11.5 Å². The van der Waals surface area contributed by atoms with E-state index in [1.807, 2.05) is 18.2 Å². The summed E-state index contributed by atoms with van der Waals surface area (Å²) in [6.45, 7) is -0.0808. The second kappa shape index (κ2) is 7.81. The predicted molar refractivity (Wildman–Crippen MR) is 91.2 cm³/mol. The van der Waals surface area contributed by atoms with E-state index < -0.39 is 0 Å². The lowest BCUT2D eigenvalue weighted by Crippen LogP contribution is -2.08. The van der Waals surface area contributed by atoms with Gasteiger partial charge in [-0.1, -0.05) is 41.0 Å². The average Bonchev–Trinajstić information content (AvgIpc) is 3.10. The number of carbonyl (C=O) groups is 1. The molecule has 0 aliphatic heterocycles. The van der Waals surface area contributed by atoms with Crippen molar-refractivity contribution in [1.82, 2.24) is 10.1 Å². The molecule has 3 aromatic rings. The zero-order valence-electron chi connectivity index (χ0n) is 13.4. The van der Waals surface area contributed by atoms with Crippen molar-refractivity contribution < 1.29 is 18.8 Å². The molecule has 0 N–H and O–H groups in total. The first-order valence-electron chi connectivity index (χ1n) is 7.51. The Kier molecular flexibility index (Phi) is 5.30. The smallest absolute Gasteiger partial charge is 0.310 e. The van der Waals surface area contributed by atoms with Gasteiger partial charge in [-0.25, -0.2) is 0 Å². The SMILES string of the molecule is COc1ccc(CC(=O)OCc2nc(-c3cccc(Cl)c3)no2)cc1. The van der Waals surface area contributed by atoms with Crippen LogP contribution in [-0.2, 0) is 22.6 Å². The summed E-state index contributed by atoms with van der Waals surface area (Å²) in [5.74, 6) is 0.964. The van der Waals surface area contributed by atoms with Crippen LogP contribution in [0.3, 0.4) is 0 Å². The normalized spacial score (nSPS) is 10.5. The van der Waals surface area contributed by atoms with Gasteiger partial charge in [0.15, 0.2) is 6.61 Å². The van der Waals surface area contributed by atoms with Gasteiger partial charge in [-0.05, 0) is 29.8 Å². The van der Waals surface area contributed by atoms with Crippen molar-refractivity contribution in [2.24, 2.45) is 0 Å². The fourth-order valence-electron chi connectivity index (χ4n) is 2.16. The van der Waals surface area contributed by atoms with E-state index in [2.05, 4.69) is 10.1 Å². The number of aromatic nitrogens is 2. The fraction of sp³-hybridized carbons (Fsp3) is 0.167. The Morgan fingerprint density at radius 3 is 2.72 bits per heavy atom. The molecule has 1 aromatic heterocycles. The van der Waals surface area contributed by atoms with Gasteiger partial charge in [0, 0.05) is 10.6 Å². The molecule has 25 heavy (non-hydrogen) atoms. The van der Waals surface area contributed by atoms with E-state index in [1.54, 1.807) is 37.4 Å². The van der Waals surface area contributed by atoms with Gasteiger partial charge in [0.05, 0.1) is 13.5 Å². The Morgan fingerprint density at radius 1 is 1.20 bits per heavy atom. The lowest BCUT2D eigenvalue weighted by molar-refractivity contribution is -0.144. The molecule has 2 aromatic carbocycles. The monoisotopic (exact) mass is 358 g/mol. The Bertz CT molecular complexity index is 862. The van der Waals surface area contributed by atoms with Crippen LogP contribution in [0.5, 0.6) is 5.75 Å². The number of carbonyl (C=O) groups excluding carboxylic acids is 1. The zero-order valence-corrected chi connectivity index (χ0v) is 14.2. The van der Waals surface area contributed by atoms with E-state index >= 15 is 0 Å². The molecule has 0 saturated heterocycles. The highest BCUT2D eigenvalue weighted by atomic mass is 35.5. The fourth-order valence-corrected chi connectivity index (χ4v) is 2.35. The van der Waals surface area contributed by atoms with Crippen molar-refractivity contribution in [3.8, 4) is 17.1 Å². The Balaban J connectivity index is 1.55. The molecule has 0 amide bonds. The van der Waals surface area contributed by atoms with Crippen molar-refractivity contribution in [2.75, 3.05) is 7.11 Å². The van der Waals surface area contributed by atoms with Crippen LogP contribution in [-0.4, -0.2) is 23.2 Å². The highest BCUT2D eigenvalue weighted by Gasteiger charge is 2.12. The van der Waals surface area contributed by atoms with Crippen molar-refractivity contribution >= 4 is 17.6 Å². The van der Waals surface area contributed by atoms with E-state index in [1.165, 1.54) is 0 Å². The van der Waals surface area contributed by atoms with Gasteiger partial charge in [-0.3, -0.25) is 4.79 Å². The lowest BCUT2D eigenvalue weighted by Gasteiger charge is -2.03. The first-order valence-corrected chi connectivity index (χ1v) is 7.89. The molecular weight excluding hydrogens is 344 g/mol. The molecular formula is C18H15ClN2O4. The minimum absolute atomic E-state index is 0.0808. The van der Waals surface area contributed by atoms with Gasteiger partial charge >= 0.3 is 5.97 Å². The summed E-state index contributed by atoms with van der Waals surface area (Å²) in [4.78, 5) is 16.1. The van der Waals surface area contributed by atoms with Gasteiger partial charge < -0.3 is 14.0 Å². The minimum atomic E-state index is -0.382. The largest absolute Gasteiger partial charge is 0.497 e. The van der Waals surface area contributed by atoms with Crippen LogP contribution < -0.4 is 4.74 Å². The number of methoxy groups -OCH3 is 1. The maximum absolute atomic E-state index is 11.9. The summed E-state index contributed by atoms with van der Waals surface area (Å²) >= 11 is 5.94. The second-order valence-corrected chi connectivity index (χ2v) is 5.64. The van der Waals surface area contributed by atoms with Crippen LogP contribution >= 0.6 is 11.6 Å². The van der Waals surface area contributed by atoms with Crippen molar-refractivity contribution in [3.05, 3.63) is 65.0 Å². The van der Waals surface area contributed by atoms with Crippen molar-refractivity contribution in [2.45, 2.75) is 13.0 Å². The molecule has 128 valence electrons. The Hall–Kier alpha value is -2.86. The highest BCUT2D eigenvalue weighted by molar-refractivity contribution is 6.30. The molecule has 0 spiro atoms. The van der Waals surface area contributed by atoms with E-state index in [4.69, 9.17) is 25.6 Å². The summed E-state index contributed by atoms with van der Waals surface area (Å²) < 4.78 is 15.3. The molecule has 0 aliphatic carbocycles. The van der Waals surface area contributed by atoms with Crippen molar-refractivity contribution in [3.63, 3.8) is 0 Å². The van der Waals surface area contributed by atoms with Crippen LogP contribution in [0.2, 0.25) is 5.02 Å². The van der Waals surface area contributed by atoms with Gasteiger partial charge in [-0.2, -0.15) is 4.98 Å². The molecule has 0 saturated carbocycles. The standard InChI is InChI=1S/C18H15ClN2O4/c1-23-15-7-5-12(6-8-15)9-17(22)24-11-16-20-18(21-25-16)13-3-2-4-14(19)10-13/h2-8,10H,9,11H2,1H3. The highest BCUT2D eigenvalue weighted by Crippen LogP contribution is 2.20. The Labute approximate surface area is 149 Å². The summed E-state index contributed by atoms with van der Waals surface area (Å²) in [6, 6.07) is 14.3. The second-order valence-electron chi connectivity index (χ2n) is 5.21. The Morgan fingerprint density at radius 2 is 2.00 bits per heavy atom. The molecule has 6 nitrogen and oxygen atoms in total. The summed E-state index contributed by atoms with van der Waals surface area (Å²) in [5.41, 5.74) is 1.56. The third-order valence-electron chi connectivity index (χ3n) is 3.42. The number of benzene rings is 2. The molecule has 0 unspecified atom stereocenters. The van der Waals surface area contributed by atoms with E-state index in [9.17, 15) is 4.79 Å². The third-order valence-corrected chi connectivity index (χ3v) is 3.65. The van der Waals surface area contributed by atoms with Crippen LogP contribution in [0.4, 0.5) is 0 Å². The first-order chi connectivity index (χ1) is 12.1. The van der Waals surface area contributed by atoms with Crippen molar-refractivity contribution in [1.29, 1.82) is 0 Å². The van der Waals surface area contributed by atoms with E-state index in [-0.39, 0.29) is 24.9 Å². The summed E-state index contributed by atoms with van der Waals surface area (Å²) in [7, 11) is 1.59. The number of rotatable bonds is 6. The van der Waals surface area contributed by atoms with Crippen LogP contribution in [0, 0.1) is 0 Å². The minimum Gasteiger partial charge on any atom is -0.497 e. The van der Waals surface area contributed by atoms with Crippen LogP contribution in [0.15, 0.2) is 53.1 Å². The van der Waals surface area contributed by atoms with Gasteiger partial charge in [-0.15, -0.1) is 0 Å². The summed E-state index contributed by atoms with van der Waals surface area (Å²) in [6.07, 6.45) is 0.152. The number of esters is 1. The summed E-state index contributed by atoms with van der Waals surface area (Å²) in [5, 5.41) is 4.44. The van der Waals surface area contributed by atoms with E-state index in [0.717, 1.165) is 16.9 Å². The zero-order chi connectivity index (χ0) is 17.6. The number of halogens is 1. The third kappa shape index (κ3) is 4.58. The molecule has 0 aliphatic rings. The van der Waals surface area contributed by atoms with Gasteiger partial charge in [0.1, 0.15) is 5.75 Å². The molecule has 0 atom stereocenters. The maximum Gasteiger partial charge on any atom is 0.310 e. The number of hydrogen-bond donors (Lipinski definition) is 0. The molecule has 0 fully saturated rings. The number of nitrogens with zero attached hydrogens (tertiary/aromatic N) is 2. The number of ether oxygens (including phenoxy) is 2. The maximum atomic E-state index is 11.9. The predicted octanol–water partition coefficient (Wildman–Crippen LogP) is 3.68. The molecule has 3 rings (SSSR count). The lowest BCUT2D eigenvalue weighted by atomic mass is 10.1. The molecule has 7 heteroatoms. The first kappa shape index (κ1) is 17.0. The molecule has 0 bridgehead atoms. The van der Waals surface area contributed by atoms with E-state index in [0.29, 0.717) is 10.8 Å². The van der Waals surface area contributed by atoms with Gasteiger partial charge in [0.25, 0.3) is 5.89 Å². The quantitative estimate of drug-likeness (QED) is 0.626. The van der Waals surface area contributed by atoms with Gasteiger partial charge in [0.2, 0.25) is 5.82 Å². The average molecular weight is 359 g/mol. The number of hydrogen-bond acceptors (Lipinski definition) is 6. The molecule has 1 heterocycles. The topological polar surface area (TPSA) is 74.5 Å². The van der Waals surface area contributed by atoms with Crippen LogP contribution in [0.25, 0.3) is 11.4 Å².